The Kier molecular flexibility index (Phi) is 6.32. The molecule has 1 aromatic carbocycles. The second-order valence-corrected chi connectivity index (χ2v) is 7.94. The highest BCUT2D eigenvalue weighted by molar-refractivity contribution is 6.31. The number of nitrogens with zero attached hydrogens (tertiary/aromatic N) is 4. The van der Waals surface area contributed by atoms with Gasteiger partial charge in [0.15, 0.2) is 5.82 Å². The van der Waals surface area contributed by atoms with Gasteiger partial charge >= 0.3 is 0 Å². The maximum absolute atomic E-state index is 15.5. The molecule has 3 heterocycles. The Balaban J connectivity index is 1.73. The minimum atomic E-state index is -0.678. The summed E-state index contributed by atoms with van der Waals surface area (Å²) in [6.07, 6.45) is 1.75. The molecule has 1 saturated heterocycles. The molecule has 3 aromatic rings. The number of benzene rings is 1. The summed E-state index contributed by atoms with van der Waals surface area (Å²) in [6.45, 7) is 6.01. The first-order chi connectivity index (χ1) is 15.8. The quantitative estimate of drug-likeness (QED) is 0.468. The Bertz CT molecular complexity index is 1200. The molecule has 12 heteroatoms. The van der Waals surface area contributed by atoms with Gasteiger partial charge in [-0.2, -0.15) is 4.98 Å². The zero-order valence-electron chi connectivity index (χ0n) is 18.3. The van der Waals surface area contributed by atoms with Gasteiger partial charge in [-0.15, -0.1) is 0 Å². The second kappa shape index (κ2) is 9.18. The molecule has 2 aromatic heterocycles. The Hall–Kier alpha value is -3.47. The number of aryl methyl sites for hydroxylation is 1. The molecule has 1 amide bonds. The average molecular weight is 476 g/mol. The lowest BCUT2D eigenvalue weighted by molar-refractivity contribution is -0.120. The standard InChI is InChI=1S/C21H23ClFN7O3/c1-4-32-13-7-12(16(22)17(23)14(13)11-5-6-25-20(11)31)9(2)28-19-15(18(24)26-8-27-19)21-29-10(3)30-33-21/h7-9,11H,4-6H2,1-3H3,(H,25,31)(H3,24,26,27,28)/t9-,11+/m1/s1. The molecule has 4 rings (SSSR count). The number of ether oxygens (including phenoxy) is 1. The van der Waals surface area contributed by atoms with E-state index in [1.165, 1.54) is 6.33 Å². The molecule has 0 saturated carbocycles. The highest BCUT2D eigenvalue weighted by Gasteiger charge is 2.34. The van der Waals surface area contributed by atoms with Crippen LogP contribution in [-0.4, -0.2) is 39.2 Å². The third-order valence-electron chi connectivity index (χ3n) is 5.37. The maximum atomic E-state index is 15.5. The SMILES string of the molecule is CCOc1cc([C@@H](C)Nc2ncnc(N)c2-c2nc(C)no2)c(Cl)c(F)c1[C@@H]1CCNC1=O. The summed E-state index contributed by atoms with van der Waals surface area (Å²) in [5.74, 6) is -0.287. The van der Waals surface area contributed by atoms with Crippen LogP contribution in [0.25, 0.3) is 11.5 Å². The van der Waals surface area contributed by atoms with E-state index in [-0.39, 0.29) is 34.0 Å². The van der Waals surface area contributed by atoms with Gasteiger partial charge in [-0.3, -0.25) is 4.79 Å². The lowest BCUT2D eigenvalue weighted by Gasteiger charge is -2.22. The fraction of sp³-hybridized carbons (Fsp3) is 0.381. The molecular weight excluding hydrogens is 453 g/mol. The first-order valence-electron chi connectivity index (χ1n) is 10.4. The zero-order valence-corrected chi connectivity index (χ0v) is 19.0. The van der Waals surface area contributed by atoms with Crippen LogP contribution in [0.4, 0.5) is 16.0 Å². The van der Waals surface area contributed by atoms with Gasteiger partial charge in [0.2, 0.25) is 5.91 Å². The topological polar surface area (TPSA) is 141 Å². The number of carbonyl (C=O) groups excluding carboxylic acids is 1. The van der Waals surface area contributed by atoms with Gasteiger partial charge in [0.25, 0.3) is 5.89 Å². The fourth-order valence-electron chi connectivity index (χ4n) is 3.82. The first kappa shape index (κ1) is 22.7. The maximum Gasteiger partial charge on any atom is 0.265 e. The number of hydrogen-bond acceptors (Lipinski definition) is 9. The first-order valence-corrected chi connectivity index (χ1v) is 10.8. The van der Waals surface area contributed by atoms with Crippen molar-refractivity contribution in [3.63, 3.8) is 0 Å². The van der Waals surface area contributed by atoms with Crippen LogP contribution < -0.4 is 21.1 Å². The van der Waals surface area contributed by atoms with Crippen LogP contribution in [0, 0.1) is 12.7 Å². The van der Waals surface area contributed by atoms with E-state index in [9.17, 15) is 4.79 Å². The number of anilines is 2. The monoisotopic (exact) mass is 475 g/mol. The molecule has 4 N–H and O–H groups in total. The van der Waals surface area contributed by atoms with E-state index in [1.807, 2.05) is 0 Å². The number of halogens is 2. The van der Waals surface area contributed by atoms with Crippen molar-refractivity contribution in [2.45, 2.75) is 39.2 Å². The van der Waals surface area contributed by atoms with E-state index < -0.39 is 17.8 Å². The van der Waals surface area contributed by atoms with E-state index in [0.29, 0.717) is 42.3 Å². The third-order valence-corrected chi connectivity index (χ3v) is 5.75. The number of amides is 1. The molecule has 0 aliphatic carbocycles. The van der Waals surface area contributed by atoms with Crippen molar-refractivity contribution in [3.8, 4) is 17.2 Å². The van der Waals surface area contributed by atoms with Crippen LogP contribution in [0.2, 0.25) is 5.02 Å². The van der Waals surface area contributed by atoms with Crippen LogP contribution in [0.1, 0.15) is 49.2 Å². The van der Waals surface area contributed by atoms with Crippen LogP contribution in [0.3, 0.4) is 0 Å². The molecule has 0 spiro atoms. The number of hydrogen-bond donors (Lipinski definition) is 3. The number of nitrogen functional groups attached to an aromatic ring is 1. The van der Waals surface area contributed by atoms with Gasteiger partial charge in [-0.1, -0.05) is 16.8 Å². The molecule has 1 aliphatic rings. The molecular formula is C21H23ClFN7O3. The predicted molar refractivity (Wildman–Crippen MR) is 119 cm³/mol. The molecule has 1 aliphatic heterocycles. The molecule has 10 nitrogen and oxygen atoms in total. The van der Waals surface area contributed by atoms with Gasteiger partial charge in [0.05, 0.1) is 23.6 Å². The summed E-state index contributed by atoms with van der Waals surface area (Å²) in [7, 11) is 0. The highest BCUT2D eigenvalue weighted by atomic mass is 35.5. The van der Waals surface area contributed by atoms with Crippen molar-refractivity contribution < 1.29 is 18.4 Å². The van der Waals surface area contributed by atoms with E-state index in [4.69, 9.17) is 26.6 Å². The summed E-state index contributed by atoms with van der Waals surface area (Å²) in [4.78, 5) is 24.7. The largest absolute Gasteiger partial charge is 0.493 e. The van der Waals surface area contributed by atoms with Crippen molar-refractivity contribution >= 4 is 29.1 Å². The van der Waals surface area contributed by atoms with Crippen molar-refractivity contribution in [3.05, 3.63) is 40.2 Å². The number of carbonyl (C=O) groups is 1. The fourth-order valence-corrected chi connectivity index (χ4v) is 4.14. The summed E-state index contributed by atoms with van der Waals surface area (Å²) in [5, 5.41) is 9.56. The normalized spacial score (nSPS) is 16.5. The molecule has 0 bridgehead atoms. The van der Waals surface area contributed by atoms with Crippen molar-refractivity contribution in [1.29, 1.82) is 0 Å². The lowest BCUT2D eigenvalue weighted by atomic mass is 9.93. The minimum Gasteiger partial charge on any atom is -0.493 e. The molecule has 0 radical (unpaired) electrons. The van der Waals surface area contributed by atoms with Gasteiger partial charge in [-0.05, 0) is 38.8 Å². The molecule has 1 fully saturated rings. The Morgan fingerprint density at radius 2 is 2.24 bits per heavy atom. The van der Waals surface area contributed by atoms with Gasteiger partial charge in [0, 0.05) is 12.1 Å². The molecule has 0 unspecified atom stereocenters. The van der Waals surface area contributed by atoms with Crippen LogP contribution in [-0.2, 0) is 4.79 Å². The van der Waals surface area contributed by atoms with Crippen molar-refractivity contribution in [2.24, 2.45) is 0 Å². The van der Waals surface area contributed by atoms with Crippen molar-refractivity contribution in [2.75, 3.05) is 24.2 Å². The molecule has 2 atom stereocenters. The molecule has 174 valence electrons. The smallest absolute Gasteiger partial charge is 0.265 e. The van der Waals surface area contributed by atoms with E-state index in [2.05, 4.69) is 30.7 Å². The Morgan fingerprint density at radius 3 is 2.88 bits per heavy atom. The van der Waals surface area contributed by atoms with Gasteiger partial charge in [-0.25, -0.2) is 14.4 Å². The highest BCUT2D eigenvalue weighted by Crippen LogP contribution is 2.41. The summed E-state index contributed by atoms with van der Waals surface area (Å²) in [6, 6.07) is 1.11. The molecule has 33 heavy (non-hydrogen) atoms. The summed E-state index contributed by atoms with van der Waals surface area (Å²) >= 11 is 6.45. The van der Waals surface area contributed by atoms with Gasteiger partial charge in [0.1, 0.15) is 35.1 Å². The second-order valence-electron chi connectivity index (χ2n) is 7.57. The number of nitrogens with two attached hydrogens (primary N) is 1. The average Bonchev–Trinajstić information content (AvgIpc) is 3.39. The zero-order chi connectivity index (χ0) is 23.7. The Morgan fingerprint density at radius 1 is 1.45 bits per heavy atom. The van der Waals surface area contributed by atoms with E-state index in [1.54, 1.807) is 26.8 Å². The predicted octanol–water partition coefficient (Wildman–Crippen LogP) is 3.39. The van der Waals surface area contributed by atoms with Crippen molar-refractivity contribution in [1.82, 2.24) is 25.4 Å². The van der Waals surface area contributed by atoms with Crippen LogP contribution in [0.15, 0.2) is 16.9 Å². The third kappa shape index (κ3) is 4.28. The van der Waals surface area contributed by atoms with Crippen LogP contribution in [0.5, 0.6) is 5.75 Å². The van der Waals surface area contributed by atoms with E-state index in [0.717, 1.165) is 0 Å². The number of rotatable bonds is 7. The minimum absolute atomic E-state index is 0.106. The summed E-state index contributed by atoms with van der Waals surface area (Å²) < 4.78 is 26.4. The lowest BCUT2D eigenvalue weighted by Crippen LogP contribution is -2.20. The number of aromatic nitrogens is 4. The number of nitrogens with one attached hydrogen (secondary N) is 2. The van der Waals surface area contributed by atoms with Crippen LogP contribution >= 0.6 is 11.6 Å². The van der Waals surface area contributed by atoms with E-state index >= 15 is 4.39 Å². The Labute approximate surface area is 194 Å². The summed E-state index contributed by atoms with van der Waals surface area (Å²) in [5.41, 5.74) is 6.95. The van der Waals surface area contributed by atoms with Gasteiger partial charge < -0.3 is 25.6 Å².